The second-order valence-electron chi connectivity index (χ2n) is 3.35. The SMILES string of the molecule is C#CCNC1COCc2ccccc21. The van der Waals surface area contributed by atoms with E-state index in [0.717, 1.165) is 0 Å². The maximum absolute atomic E-state index is 5.47. The van der Waals surface area contributed by atoms with E-state index >= 15 is 0 Å². The first kappa shape index (κ1) is 9.26. The topological polar surface area (TPSA) is 21.3 Å². The summed E-state index contributed by atoms with van der Waals surface area (Å²) in [6, 6.07) is 8.56. The molecule has 0 amide bonds. The molecule has 1 unspecified atom stereocenters. The Morgan fingerprint density at radius 2 is 2.36 bits per heavy atom. The summed E-state index contributed by atoms with van der Waals surface area (Å²) in [6.45, 7) is 2.01. The van der Waals surface area contributed by atoms with Gasteiger partial charge in [-0.05, 0) is 11.1 Å². The molecule has 1 N–H and O–H groups in total. The molecule has 0 saturated carbocycles. The number of benzene rings is 1. The molecular formula is C12H13NO. The summed E-state index contributed by atoms with van der Waals surface area (Å²) in [5.41, 5.74) is 2.57. The van der Waals surface area contributed by atoms with Gasteiger partial charge in [0.2, 0.25) is 0 Å². The minimum atomic E-state index is 0.246. The molecule has 1 aliphatic heterocycles. The molecular weight excluding hydrogens is 174 g/mol. The molecule has 0 radical (unpaired) electrons. The van der Waals surface area contributed by atoms with Gasteiger partial charge in [0.1, 0.15) is 0 Å². The van der Waals surface area contributed by atoms with E-state index in [4.69, 9.17) is 11.2 Å². The van der Waals surface area contributed by atoms with Crippen molar-refractivity contribution in [3.05, 3.63) is 35.4 Å². The van der Waals surface area contributed by atoms with Crippen LogP contribution in [0.2, 0.25) is 0 Å². The molecule has 1 aromatic carbocycles. The van der Waals surface area contributed by atoms with Crippen LogP contribution in [0.5, 0.6) is 0 Å². The lowest BCUT2D eigenvalue weighted by Crippen LogP contribution is -2.29. The van der Waals surface area contributed by atoms with E-state index in [1.807, 2.05) is 6.07 Å². The number of fused-ring (bicyclic) bond motifs is 1. The summed E-state index contributed by atoms with van der Waals surface area (Å²) in [6.07, 6.45) is 5.21. The number of rotatable bonds is 2. The van der Waals surface area contributed by atoms with E-state index in [-0.39, 0.29) is 6.04 Å². The van der Waals surface area contributed by atoms with Crippen molar-refractivity contribution in [1.82, 2.24) is 5.32 Å². The Bertz CT molecular complexity index is 354. The van der Waals surface area contributed by atoms with E-state index in [9.17, 15) is 0 Å². The molecule has 1 aliphatic rings. The zero-order chi connectivity index (χ0) is 9.80. The van der Waals surface area contributed by atoms with Crippen molar-refractivity contribution < 1.29 is 4.74 Å². The maximum Gasteiger partial charge on any atom is 0.0721 e. The van der Waals surface area contributed by atoms with Crippen molar-refractivity contribution in [3.8, 4) is 12.3 Å². The van der Waals surface area contributed by atoms with Crippen molar-refractivity contribution in [1.29, 1.82) is 0 Å². The largest absolute Gasteiger partial charge is 0.375 e. The fourth-order valence-corrected chi connectivity index (χ4v) is 1.73. The molecule has 0 spiro atoms. The van der Waals surface area contributed by atoms with Crippen molar-refractivity contribution in [2.75, 3.05) is 13.2 Å². The number of hydrogen-bond donors (Lipinski definition) is 1. The fourth-order valence-electron chi connectivity index (χ4n) is 1.73. The molecule has 72 valence electrons. The van der Waals surface area contributed by atoms with E-state index < -0.39 is 0 Å². The Kier molecular flexibility index (Phi) is 2.83. The zero-order valence-electron chi connectivity index (χ0n) is 7.99. The average Bonchev–Trinajstić information content (AvgIpc) is 2.26. The van der Waals surface area contributed by atoms with Gasteiger partial charge in [0, 0.05) is 0 Å². The Morgan fingerprint density at radius 3 is 3.21 bits per heavy atom. The average molecular weight is 187 g/mol. The molecule has 0 saturated heterocycles. The van der Waals surface area contributed by atoms with Crippen LogP contribution in [0.15, 0.2) is 24.3 Å². The van der Waals surface area contributed by atoms with Crippen LogP contribution < -0.4 is 5.32 Å². The quantitative estimate of drug-likeness (QED) is 0.708. The van der Waals surface area contributed by atoms with Gasteiger partial charge in [-0.15, -0.1) is 6.42 Å². The van der Waals surface area contributed by atoms with Crippen LogP contribution in [0.3, 0.4) is 0 Å². The van der Waals surface area contributed by atoms with Crippen LogP contribution in [0, 0.1) is 12.3 Å². The van der Waals surface area contributed by atoms with Gasteiger partial charge in [-0.2, -0.15) is 0 Å². The van der Waals surface area contributed by atoms with Crippen molar-refractivity contribution in [2.24, 2.45) is 0 Å². The predicted octanol–water partition coefficient (Wildman–Crippen LogP) is 1.48. The van der Waals surface area contributed by atoms with Gasteiger partial charge in [0.05, 0.1) is 25.8 Å². The molecule has 1 heterocycles. The van der Waals surface area contributed by atoms with Gasteiger partial charge in [-0.25, -0.2) is 0 Å². The summed E-state index contributed by atoms with van der Waals surface area (Å²) in [5.74, 6) is 2.58. The minimum absolute atomic E-state index is 0.246. The standard InChI is InChI=1S/C12H13NO/c1-2-7-13-12-9-14-8-10-5-3-4-6-11(10)12/h1,3-6,12-13H,7-9H2. The van der Waals surface area contributed by atoms with Gasteiger partial charge < -0.3 is 4.74 Å². The minimum Gasteiger partial charge on any atom is -0.375 e. The third kappa shape index (κ3) is 1.79. The molecule has 2 nitrogen and oxygen atoms in total. The second kappa shape index (κ2) is 4.28. The molecule has 14 heavy (non-hydrogen) atoms. The Balaban J connectivity index is 2.18. The van der Waals surface area contributed by atoms with Crippen LogP contribution in [0.1, 0.15) is 17.2 Å². The Labute approximate surface area is 84.3 Å². The van der Waals surface area contributed by atoms with Crippen molar-refractivity contribution in [3.63, 3.8) is 0 Å². The van der Waals surface area contributed by atoms with Crippen LogP contribution in [0.4, 0.5) is 0 Å². The molecule has 0 aliphatic carbocycles. The summed E-state index contributed by atoms with van der Waals surface area (Å²) in [4.78, 5) is 0. The summed E-state index contributed by atoms with van der Waals surface area (Å²) in [5, 5.41) is 3.27. The molecule has 0 fully saturated rings. The normalized spacial score (nSPS) is 19.8. The number of nitrogens with one attached hydrogen (secondary N) is 1. The lowest BCUT2D eigenvalue weighted by atomic mass is 9.99. The molecule has 2 heteroatoms. The zero-order valence-corrected chi connectivity index (χ0v) is 7.99. The summed E-state index contributed by atoms with van der Waals surface area (Å²) in [7, 11) is 0. The van der Waals surface area contributed by atoms with Crippen molar-refractivity contribution >= 4 is 0 Å². The number of hydrogen-bond acceptors (Lipinski definition) is 2. The highest BCUT2D eigenvalue weighted by Crippen LogP contribution is 2.23. The third-order valence-corrected chi connectivity index (χ3v) is 2.42. The number of terminal acetylenes is 1. The van der Waals surface area contributed by atoms with Crippen LogP contribution in [0.25, 0.3) is 0 Å². The number of ether oxygens (including phenoxy) is 1. The Morgan fingerprint density at radius 1 is 1.50 bits per heavy atom. The van der Waals surface area contributed by atoms with E-state index in [0.29, 0.717) is 19.8 Å². The summed E-state index contributed by atoms with van der Waals surface area (Å²) < 4.78 is 5.47. The fraction of sp³-hybridized carbons (Fsp3) is 0.333. The second-order valence-corrected chi connectivity index (χ2v) is 3.35. The highest BCUT2D eigenvalue weighted by molar-refractivity contribution is 5.31. The first-order valence-electron chi connectivity index (χ1n) is 4.74. The molecule has 0 aromatic heterocycles. The van der Waals surface area contributed by atoms with Gasteiger partial charge in [-0.3, -0.25) is 5.32 Å². The predicted molar refractivity (Wildman–Crippen MR) is 55.7 cm³/mol. The lowest BCUT2D eigenvalue weighted by molar-refractivity contribution is 0.0834. The highest BCUT2D eigenvalue weighted by Gasteiger charge is 2.18. The van der Waals surface area contributed by atoms with E-state index in [1.54, 1.807) is 0 Å². The molecule has 1 atom stereocenters. The Hall–Kier alpha value is -1.30. The summed E-state index contributed by atoms with van der Waals surface area (Å²) >= 11 is 0. The lowest BCUT2D eigenvalue weighted by Gasteiger charge is -2.25. The van der Waals surface area contributed by atoms with E-state index in [2.05, 4.69) is 29.4 Å². The van der Waals surface area contributed by atoms with Crippen LogP contribution in [-0.4, -0.2) is 13.2 Å². The smallest absolute Gasteiger partial charge is 0.0721 e. The molecule has 1 aromatic rings. The van der Waals surface area contributed by atoms with Gasteiger partial charge in [0.15, 0.2) is 0 Å². The third-order valence-electron chi connectivity index (χ3n) is 2.42. The molecule has 0 bridgehead atoms. The van der Waals surface area contributed by atoms with Crippen molar-refractivity contribution in [2.45, 2.75) is 12.6 Å². The van der Waals surface area contributed by atoms with E-state index in [1.165, 1.54) is 11.1 Å². The van der Waals surface area contributed by atoms with Gasteiger partial charge in [0.25, 0.3) is 0 Å². The van der Waals surface area contributed by atoms with Crippen LogP contribution in [-0.2, 0) is 11.3 Å². The first-order valence-corrected chi connectivity index (χ1v) is 4.74. The molecule has 2 rings (SSSR count). The first-order chi connectivity index (χ1) is 6.92. The highest BCUT2D eigenvalue weighted by atomic mass is 16.5. The van der Waals surface area contributed by atoms with Crippen LogP contribution >= 0.6 is 0 Å². The van der Waals surface area contributed by atoms with Gasteiger partial charge >= 0.3 is 0 Å². The monoisotopic (exact) mass is 187 g/mol. The van der Waals surface area contributed by atoms with Gasteiger partial charge in [-0.1, -0.05) is 30.2 Å². The maximum atomic E-state index is 5.47.